The van der Waals surface area contributed by atoms with Gasteiger partial charge in [-0.05, 0) is 25.3 Å². The maximum absolute atomic E-state index is 13.9. The molecule has 2 amide bonds. The van der Waals surface area contributed by atoms with Crippen molar-refractivity contribution in [2.24, 2.45) is 5.41 Å². The first-order valence-electron chi connectivity index (χ1n) is 7.91. The molecule has 2 aliphatic rings. The Hall–Kier alpha value is -1.98. The van der Waals surface area contributed by atoms with Crippen LogP contribution >= 0.6 is 0 Å². The summed E-state index contributed by atoms with van der Waals surface area (Å²) >= 11 is 0. The fraction of sp³-hybridized carbons (Fsp3) is 0.529. The van der Waals surface area contributed by atoms with Gasteiger partial charge in [0.2, 0.25) is 11.8 Å². The largest absolute Gasteiger partial charge is 0.342 e. The lowest BCUT2D eigenvalue weighted by Crippen LogP contribution is -2.50. The minimum atomic E-state index is -0.898. The third-order valence-electron chi connectivity index (χ3n) is 5.02. The Morgan fingerprint density at radius 1 is 1.26 bits per heavy atom. The Bertz CT molecular complexity index is 649. The lowest BCUT2D eigenvalue weighted by Gasteiger charge is -2.39. The minimum absolute atomic E-state index is 0.0250. The zero-order valence-electron chi connectivity index (χ0n) is 13.1. The molecule has 4 nitrogen and oxygen atoms in total. The van der Waals surface area contributed by atoms with E-state index in [1.165, 1.54) is 19.1 Å². The molecule has 1 atom stereocenters. The van der Waals surface area contributed by atoms with Crippen LogP contribution in [0.5, 0.6) is 0 Å². The number of benzene rings is 1. The molecule has 2 heterocycles. The van der Waals surface area contributed by atoms with Crippen LogP contribution in [0.2, 0.25) is 0 Å². The predicted molar refractivity (Wildman–Crippen MR) is 80.3 cm³/mol. The van der Waals surface area contributed by atoms with Crippen LogP contribution < -0.4 is 0 Å². The smallest absolute Gasteiger partial charge is 0.230 e. The Labute approximate surface area is 134 Å². The minimum Gasteiger partial charge on any atom is -0.342 e. The second-order valence-corrected chi connectivity index (χ2v) is 6.51. The van der Waals surface area contributed by atoms with Crippen LogP contribution in [0.1, 0.15) is 31.7 Å². The van der Waals surface area contributed by atoms with Crippen molar-refractivity contribution in [3.05, 3.63) is 35.4 Å². The molecular weight excluding hydrogens is 302 g/mol. The van der Waals surface area contributed by atoms with Crippen molar-refractivity contribution in [2.45, 2.75) is 32.7 Å². The van der Waals surface area contributed by atoms with E-state index >= 15 is 0 Å². The summed E-state index contributed by atoms with van der Waals surface area (Å²) in [5, 5.41) is 0. The maximum Gasteiger partial charge on any atom is 0.230 e. The van der Waals surface area contributed by atoms with Crippen LogP contribution in [0.4, 0.5) is 8.78 Å². The molecule has 1 aromatic rings. The molecule has 124 valence electrons. The van der Waals surface area contributed by atoms with Gasteiger partial charge in [-0.1, -0.05) is 12.1 Å². The first-order chi connectivity index (χ1) is 10.9. The summed E-state index contributed by atoms with van der Waals surface area (Å²) in [6.07, 6.45) is 2.21. The van der Waals surface area contributed by atoms with Gasteiger partial charge in [-0.3, -0.25) is 9.59 Å². The molecule has 0 radical (unpaired) electrons. The van der Waals surface area contributed by atoms with Crippen LogP contribution in [0.15, 0.2) is 18.2 Å². The van der Waals surface area contributed by atoms with E-state index in [9.17, 15) is 18.4 Å². The number of hydrogen-bond acceptors (Lipinski definition) is 2. The molecule has 2 saturated heterocycles. The van der Waals surface area contributed by atoms with E-state index in [2.05, 4.69) is 0 Å². The van der Waals surface area contributed by atoms with Crippen molar-refractivity contribution >= 4 is 11.8 Å². The standard InChI is InChI=1S/C17H20F2N2O2/c1-12(22)21-9-7-17(11-21)6-3-8-20(16(17)23)10-13-4-2-5-14(18)15(13)19/h2,4-5H,3,6-11H2,1H3. The lowest BCUT2D eigenvalue weighted by molar-refractivity contribution is -0.146. The van der Waals surface area contributed by atoms with Crippen LogP contribution in [0, 0.1) is 17.0 Å². The zero-order valence-corrected chi connectivity index (χ0v) is 13.1. The first-order valence-corrected chi connectivity index (χ1v) is 7.91. The maximum atomic E-state index is 13.9. The summed E-state index contributed by atoms with van der Waals surface area (Å²) in [7, 11) is 0. The van der Waals surface area contributed by atoms with Gasteiger partial charge in [-0.15, -0.1) is 0 Å². The highest BCUT2D eigenvalue weighted by Gasteiger charge is 2.48. The highest BCUT2D eigenvalue weighted by Crippen LogP contribution is 2.40. The first kappa shape index (κ1) is 15.9. The fourth-order valence-corrected chi connectivity index (χ4v) is 3.70. The molecule has 6 heteroatoms. The van der Waals surface area contributed by atoms with E-state index in [0.29, 0.717) is 26.1 Å². The van der Waals surface area contributed by atoms with Gasteiger partial charge >= 0.3 is 0 Å². The third kappa shape index (κ3) is 2.82. The van der Waals surface area contributed by atoms with E-state index in [0.717, 1.165) is 18.9 Å². The molecule has 1 unspecified atom stereocenters. The van der Waals surface area contributed by atoms with Gasteiger partial charge in [0.05, 0.1) is 5.41 Å². The predicted octanol–water partition coefficient (Wildman–Crippen LogP) is 2.33. The second-order valence-electron chi connectivity index (χ2n) is 6.51. The fourth-order valence-electron chi connectivity index (χ4n) is 3.70. The SMILES string of the molecule is CC(=O)N1CCC2(CCCN(Cc3cccc(F)c3F)C2=O)C1. The molecule has 1 spiro atoms. The van der Waals surface area contributed by atoms with Gasteiger partial charge in [0, 0.05) is 38.7 Å². The van der Waals surface area contributed by atoms with Crippen molar-refractivity contribution < 1.29 is 18.4 Å². The van der Waals surface area contributed by atoms with Crippen molar-refractivity contribution in [3.63, 3.8) is 0 Å². The average molecular weight is 322 g/mol. The number of rotatable bonds is 2. The molecule has 1 aromatic carbocycles. The van der Waals surface area contributed by atoms with Crippen molar-refractivity contribution in [2.75, 3.05) is 19.6 Å². The Kier molecular flexibility index (Phi) is 4.08. The monoisotopic (exact) mass is 322 g/mol. The summed E-state index contributed by atoms with van der Waals surface area (Å²) in [5.74, 6) is -1.86. The summed E-state index contributed by atoms with van der Waals surface area (Å²) in [6.45, 7) is 3.14. The highest BCUT2D eigenvalue weighted by atomic mass is 19.2. The topological polar surface area (TPSA) is 40.6 Å². The van der Waals surface area contributed by atoms with Crippen molar-refractivity contribution in [3.8, 4) is 0 Å². The summed E-state index contributed by atoms with van der Waals surface area (Å²) < 4.78 is 27.2. The number of nitrogens with zero attached hydrogens (tertiary/aromatic N) is 2. The third-order valence-corrected chi connectivity index (χ3v) is 5.02. The van der Waals surface area contributed by atoms with Crippen LogP contribution in [-0.4, -0.2) is 41.2 Å². The van der Waals surface area contributed by atoms with Gasteiger partial charge in [0.15, 0.2) is 11.6 Å². The molecule has 23 heavy (non-hydrogen) atoms. The quantitative estimate of drug-likeness (QED) is 0.838. The number of amides is 2. The molecule has 0 saturated carbocycles. The van der Waals surface area contributed by atoms with Gasteiger partial charge in [-0.25, -0.2) is 8.78 Å². The number of hydrogen-bond donors (Lipinski definition) is 0. The molecule has 0 bridgehead atoms. The van der Waals surface area contributed by atoms with Crippen LogP contribution in [-0.2, 0) is 16.1 Å². The van der Waals surface area contributed by atoms with E-state index in [-0.39, 0.29) is 23.9 Å². The molecule has 0 aliphatic carbocycles. The van der Waals surface area contributed by atoms with Gasteiger partial charge in [0.1, 0.15) is 0 Å². The molecule has 2 aliphatic heterocycles. The zero-order chi connectivity index (χ0) is 16.6. The number of likely N-dealkylation sites (tertiary alicyclic amines) is 2. The van der Waals surface area contributed by atoms with Crippen molar-refractivity contribution in [1.29, 1.82) is 0 Å². The Morgan fingerprint density at radius 3 is 2.74 bits per heavy atom. The number of carbonyl (C=O) groups is 2. The van der Waals surface area contributed by atoms with E-state index in [4.69, 9.17) is 0 Å². The van der Waals surface area contributed by atoms with E-state index in [1.54, 1.807) is 9.80 Å². The van der Waals surface area contributed by atoms with Gasteiger partial charge in [0.25, 0.3) is 0 Å². The van der Waals surface area contributed by atoms with E-state index in [1.807, 2.05) is 0 Å². The summed E-state index contributed by atoms with van der Waals surface area (Å²) in [6, 6.07) is 4.02. The number of carbonyl (C=O) groups excluding carboxylic acids is 2. The molecular formula is C17H20F2N2O2. The molecule has 2 fully saturated rings. The molecule has 0 N–H and O–H groups in total. The van der Waals surface area contributed by atoms with Gasteiger partial charge < -0.3 is 9.80 Å². The molecule has 0 aromatic heterocycles. The number of piperidine rings is 1. The van der Waals surface area contributed by atoms with E-state index < -0.39 is 17.0 Å². The van der Waals surface area contributed by atoms with Gasteiger partial charge in [-0.2, -0.15) is 0 Å². The van der Waals surface area contributed by atoms with Crippen molar-refractivity contribution in [1.82, 2.24) is 9.80 Å². The van der Waals surface area contributed by atoms with Crippen LogP contribution in [0.25, 0.3) is 0 Å². The Morgan fingerprint density at radius 2 is 2.04 bits per heavy atom. The summed E-state index contributed by atoms with van der Waals surface area (Å²) in [5.41, 5.74) is -0.356. The summed E-state index contributed by atoms with van der Waals surface area (Å²) in [4.78, 5) is 27.7. The number of halogens is 2. The highest BCUT2D eigenvalue weighted by molar-refractivity contribution is 5.85. The lowest BCUT2D eigenvalue weighted by atomic mass is 9.78. The second kappa shape index (κ2) is 5.91. The van der Waals surface area contributed by atoms with Crippen LogP contribution in [0.3, 0.4) is 0 Å². The molecule has 3 rings (SSSR count). The Balaban J connectivity index is 1.78. The average Bonchev–Trinajstić information content (AvgIpc) is 2.94. The normalized spacial score (nSPS) is 24.6.